The number of nitrogens with zero attached hydrogens (tertiary/aromatic N) is 4. The van der Waals surface area contributed by atoms with Gasteiger partial charge in [-0.15, -0.1) is 24.0 Å². The van der Waals surface area contributed by atoms with Gasteiger partial charge in [-0.2, -0.15) is 11.8 Å². The number of hydrogen-bond acceptors (Lipinski definition) is 4. The molecule has 0 spiro atoms. The summed E-state index contributed by atoms with van der Waals surface area (Å²) in [7, 11) is 6.04. The van der Waals surface area contributed by atoms with Crippen molar-refractivity contribution in [1.29, 1.82) is 0 Å². The van der Waals surface area contributed by atoms with Crippen LogP contribution in [-0.2, 0) is 18.3 Å². The first-order valence-electron chi connectivity index (χ1n) is 9.17. The van der Waals surface area contributed by atoms with Crippen LogP contribution >= 0.6 is 51.7 Å². The van der Waals surface area contributed by atoms with E-state index in [1.807, 2.05) is 7.05 Å². The topological polar surface area (TPSA) is 45.0 Å². The van der Waals surface area contributed by atoms with Crippen LogP contribution in [0.2, 0.25) is 0 Å². The molecular weight excluding hydrogens is 541 g/mol. The molecule has 1 unspecified atom stereocenters. The van der Waals surface area contributed by atoms with Crippen LogP contribution in [-0.4, -0.2) is 84.3 Å². The van der Waals surface area contributed by atoms with Crippen LogP contribution in [0.1, 0.15) is 12.1 Å². The Hall–Kier alpha value is 0.0300. The molecule has 0 aromatic carbocycles. The molecule has 1 aromatic rings. The van der Waals surface area contributed by atoms with E-state index in [9.17, 15) is 0 Å². The summed E-state index contributed by atoms with van der Waals surface area (Å²) in [6.07, 6.45) is 3.32. The first-order chi connectivity index (χ1) is 12.5. The molecule has 0 radical (unpaired) electrons. The lowest BCUT2D eigenvalue weighted by Gasteiger charge is -2.43. The van der Waals surface area contributed by atoms with E-state index in [4.69, 9.17) is 4.74 Å². The average molecular weight is 572 g/mol. The summed E-state index contributed by atoms with van der Waals surface area (Å²) in [5.41, 5.74) is 1.47. The summed E-state index contributed by atoms with van der Waals surface area (Å²) in [6.45, 7) is 5.53. The molecule has 154 valence electrons. The SMILES string of the molecule is CN=C(NCC1(N2CCOCC2)CCSC1)N(C)Cc1cc(Br)cn1C.I. The highest BCUT2D eigenvalue weighted by Crippen LogP contribution is 2.33. The Balaban J connectivity index is 0.00000261. The third-order valence-electron chi connectivity index (χ3n) is 5.39. The van der Waals surface area contributed by atoms with Crippen LogP contribution in [0.3, 0.4) is 0 Å². The lowest BCUT2D eigenvalue weighted by atomic mass is 9.95. The molecule has 9 heteroatoms. The number of nitrogens with one attached hydrogen (secondary N) is 1. The van der Waals surface area contributed by atoms with E-state index in [2.05, 4.69) is 78.7 Å². The number of thioether (sulfide) groups is 1. The van der Waals surface area contributed by atoms with Gasteiger partial charge in [-0.05, 0) is 34.2 Å². The van der Waals surface area contributed by atoms with Gasteiger partial charge in [0.1, 0.15) is 0 Å². The van der Waals surface area contributed by atoms with Gasteiger partial charge < -0.3 is 19.5 Å². The molecule has 1 aromatic heterocycles. The Bertz CT molecular complexity index is 629. The van der Waals surface area contributed by atoms with Crippen molar-refractivity contribution < 1.29 is 4.74 Å². The molecule has 3 rings (SSSR count). The second-order valence-electron chi connectivity index (χ2n) is 7.14. The first kappa shape index (κ1) is 23.3. The summed E-state index contributed by atoms with van der Waals surface area (Å²) in [5, 5.41) is 3.65. The van der Waals surface area contributed by atoms with Gasteiger partial charge in [-0.1, -0.05) is 0 Å². The number of hydrogen-bond donors (Lipinski definition) is 1. The van der Waals surface area contributed by atoms with E-state index in [0.29, 0.717) is 0 Å². The maximum Gasteiger partial charge on any atom is 0.193 e. The predicted octanol–water partition coefficient (Wildman–Crippen LogP) is 2.62. The van der Waals surface area contributed by atoms with Gasteiger partial charge in [0.25, 0.3) is 0 Å². The molecule has 2 aliphatic rings. The molecule has 27 heavy (non-hydrogen) atoms. The fourth-order valence-electron chi connectivity index (χ4n) is 3.80. The van der Waals surface area contributed by atoms with Crippen molar-refractivity contribution in [1.82, 2.24) is 19.7 Å². The van der Waals surface area contributed by atoms with Crippen molar-refractivity contribution in [2.45, 2.75) is 18.5 Å². The lowest BCUT2D eigenvalue weighted by Crippen LogP contribution is -2.60. The van der Waals surface area contributed by atoms with Gasteiger partial charge in [0.2, 0.25) is 0 Å². The van der Waals surface area contributed by atoms with Crippen molar-refractivity contribution in [2.75, 3.05) is 58.4 Å². The molecule has 2 fully saturated rings. The number of aliphatic imine (C=N–C) groups is 1. The van der Waals surface area contributed by atoms with E-state index >= 15 is 0 Å². The van der Waals surface area contributed by atoms with Crippen LogP contribution in [0.4, 0.5) is 0 Å². The van der Waals surface area contributed by atoms with E-state index in [0.717, 1.165) is 49.8 Å². The summed E-state index contributed by atoms with van der Waals surface area (Å²) >= 11 is 5.62. The van der Waals surface area contributed by atoms with Crippen molar-refractivity contribution in [3.8, 4) is 0 Å². The van der Waals surface area contributed by atoms with Gasteiger partial charge in [0.15, 0.2) is 5.96 Å². The molecule has 1 atom stereocenters. The zero-order valence-corrected chi connectivity index (χ0v) is 21.1. The Morgan fingerprint density at radius 2 is 2.19 bits per heavy atom. The van der Waals surface area contributed by atoms with Crippen LogP contribution in [0.15, 0.2) is 21.7 Å². The number of ether oxygens (including phenoxy) is 1. The fraction of sp³-hybridized carbons (Fsp3) is 0.722. The van der Waals surface area contributed by atoms with Crippen LogP contribution < -0.4 is 5.32 Å². The number of aryl methyl sites for hydroxylation is 1. The van der Waals surface area contributed by atoms with E-state index in [1.165, 1.54) is 23.6 Å². The number of halogens is 2. The standard InChI is InChI=1S/C18H30BrN5OS.HI/c1-20-17(23(3)12-16-10-15(19)11-22(16)2)21-13-18(4-9-26-14-18)24-5-7-25-8-6-24;/h10-11H,4-9,12-14H2,1-3H3,(H,20,21);1H. The minimum atomic E-state index is 0. The zero-order chi connectivity index (χ0) is 18.6. The normalized spacial score (nSPS) is 23.9. The lowest BCUT2D eigenvalue weighted by molar-refractivity contribution is -0.0121. The molecule has 0 bridgehead atoms. The quantitative estimate of drug-likeness (QED) is 0.334. The third-order valence-corrected chi connectivity index (χ3v) is 7.05. The highest BCUT2D eigenvalue weighted by atomic mass is 127. The van der Waals surface area contributed by atoms with Crippen molar-refractivity contribution in [3.05, 3.63) is 22.4 Å². The van der Waals surface area contributed by atoms with Crippen molar-refractivity contribution in [3.63, 3.8) is 0 Å². The minimum Gasteiger partial charge on any atom is -0.379 e. The van der Waals surface area contributed by atoms with Crippen molar-refractivity contribution >= 4 is 57.6 Å². The maximum absolute atomic E-state index is 5.56. The van der Waals surface area contributed by atoms with Gasteiger partial charge >= 0.3 is 0 Å². The summed E-state index contributed by atoms with van der Waals surface area (Å²) in [4.78, 5) is 9.34. The monoisotopic (exact) mass is 571 g/mol. The molecule has 0 saturated carbocycles. The fourth-order valence-corrected chi connectivity index (χ4v) is 5.85. The summed E-state index contributed by atoms with van der Waals surface area (Å²) < 4.78 is 8.82. The van der Waals surface area contributed by atoms with Crippen molar-refractivity contribution in [2.24, 2.45) is 12.0 Å². The molecule has 0 aliphatic carbocycles. The Kier molecular flexibility index (Phi) is 9.24. The largest absolute Gasteiger partial charge is 0.379 e. The number of morpholine rings is 1. The van der Waals surface area contributed by atoms with E-state index in [-0.39, 0.29) is 29.5 Å². The molecular formula is C18H31BrIN5OS. The summed E-state index contributed by atoms with van der Waals surface area (Å²) in [5.74, 6) is 3.38. The zero-order valence-electron chi connectivity index (χ0n) is 16.4. The number of rotatable bonds is 5. The molecule has 2 saturated heterocycles. The smallest absolute Gasteiger partial charge is 0.193 e. The number of guanidine groups is 1. The first-order valence-corrected chi connectivity index (χ1v) is 11.1. The summed E-state index contributed by atoms with van der Waals surface area (Å²) in [6, 6.07) is 2.16. The van der Waals surface area contributed by atoms with Gasteiger partial charge in [0, 0.05) is 68.4 Å². The Labute approximate surface area is 192 Å². The molecule has 6 nitrogen and oxygen atoms in total. The Morgan fingerprint density at radius 3 is 2.74 bits per heavy atom. The highest BCUT2D eigenvalue weighted by Gasteiger charge is 2.40. The third kappa shape index (κ3) is 5.77. The highest BCUT2D eigenvalue weighted by molar-refractivity contribution is 14.0. The Morgan fingerprint density at radius 1 is 1.44 bits per heavy atom. The van der Waals surface area contributed by atoms with E-state index < -0.39 is 0 Å². The molecule has 0 amide bonds. The number of aromatic nitrogens is 1. The predicted molar refractivity (Wildman–Crippen MR) is 128 cm³/mol. The van der Waals surface area contributed by atoms with Crippen LogP contribution in [0.25, 0.3) is 0 Å². The molecule has 1 N–H and O–H groups in total. The van der Waals surface area contributed by atoms with Crippen LogP contribution in [0, 0.1) is 0 Å². The van der Waals surface area contributed by atoms with Gasteiger partial charge in [0.05, 0.1) is 19.8 Å². The van der Waals surface area contributed by atoms with Gasteiger partial charge in [-0.3, -0.25) is 9.89 Å². The molecule has 2 aliphatic heterocycles. The second-order valence-corrected chi connectivity index (χ2v) is 9.16. The average Bonchev–Trinajstić information content (AvgIpc) is 3.24. The van der Waals surface area contributed by atoms with Gasteiger partial charge in [-0.25, -0.2) is 0 Å². The van der Waals surface area contributed by atoms with E-state index in [1.54, 1.807) is 0 Å². The molecule has 3 heterocycles. The maximum atomic E-state index is 5.56. The second kappa shape index (κ2) is 10.7. The van der Waals surface area contributed by atoms with Crippen LogP contribution in [0.5, 0.6) is 0 Å². The minimum absolute atomic E-state index is 0.